The van der Waals surface area contributed by atoms with Crippen molar-refractivity contribution in [1.29, 1.82) is 0 Å². The van der Waals surface area contributed by atoms with E-state index in [1.165, 1.54) is 27.6 Å². The molecule has 0 saturated carbocycles. The smallest absolute Gasteiger partial charge is 0.232 e. The Morgan fingerprint density at radius 3 is 3.17 bits per heavy atom. The van der Waals surface area contributed by atoms with E-state index in [-0.39, 0.29) is 11.8 Å². The first-order valence-corrected chi connectivity index (χ1v) is 8.65. The molecule has 2 heterocycles. The van der Waals surface area contributed by atoms with Crippen molar-refractivity contribution in [3.05, 3.63) is 53.9 Å². The van der Waals surface area contributed by atoms with Crippen molar-refractivity contribution in [3.8, 4) is 0 Å². The fourth-order valence-corrected chi connectivity index (χ4v) is 3.98. The number of likely N-dealkylation sites (N-methyl/N-ethyl adjacent to an activating group) is 1. The third-order valence-electron chi connectivity index (χ3n) is 5.18. The van der Waals surface area contributed by atoms with Gasteiger partial charge in [-0.05, 0) is 48.9 Å². The summed E-state index contributed by atoms with van der Waals surface area (Å²) in [5, 5.41) is 4.23. The molecule has 1 amide bonds. The number of aromatic amines is 1. The van der Waals surface area contributed by atoms with Crippen molar-refractivity contribution in [2.75, 3.05) is 13.6 Å². The molecule has 4 heteroatoms. The lowest BCUT2D eigenvalue weighted by Crippen LogP contribution is -2.46. The molecular formula is C20H23N3O. The SMILES string of the molecule is CCC=CNC(=O)[C@@H]1C=C2c3cccc4[nH]cc(c34)C[C@H]2N(C)C1. The number of benzene rings is 1. The number of hydrogen-bond acceptors (Lipinski definition) is 2. The van der Waals surface area contributed by atoms with E-state index in [4.69, 9.17) is 0 Å². The summed E-state index contributed by atoms with van der Waals surface area (Å²) < 4.78 is 0. The molecule has 0 radical (unpaired) electrons. The fraction of sp³-hybridized carbons (Fsp3) is 0.350. The standard InChI is InChI=1S/C20H23N3O/c1-3-4-8-21-20(24)14-9-16-15-6-5-7-17-19(15)13(11-22-17)10-18(16)23(2)12-14/h4-9,11,14,18,22H,3,10,12H2,1-2H3,(H,21,24)/t14-,18-/m1/s1. The van der Waals surface area contributed by atoms with Gasteiger partial charge in [-0.2, -0.15) is 0 Å². The van der Waals surface area contributed by atoms with Gasteiger partial charge in [0, 0.05) is 29.7 Å². The molecule has 1 aromatic carbocycles. The molecule has 0 fully saturated rings. The highest BCUT2D eigenvalue weighted by Crippen LogP contribution is 2.40. The molecular weight excluding hydrogens is 298 g/mol. The molecule has 0 bridgehead atoms. The highest BCUT2D eigenvalue weighted by Gasteiger charge is 2.35. The summed E-state index contributed by atoms with van der Waals surface area (Å²) in [5.41, 5.74) is 5.12. The van der Waals surface area contributed by atoms with E-state index in [0.717, 1.165) is 19.4 Å². The van der Waals surface area contributed by atoms with Crippen LogP contribution in [-0.2, 0) is 11.2 Å². The molecule has 1 aliphatic carbocycles. The van der Waals surface area contributed by atoms with Crippen LogP contribution in [0.3, 0.4) is 0 Å². The number of nitrogens with one attached hydrogen (secondary N) is 2. The number of allylic oxidation sites excluding steroid dienone is 1. The molecule has 124 valence electrons. The quantitative estimate of drug-likeness (QED) is 0.913. The summed E-state index contributed by atoms with van der Waals surface area (Å²) in [7, 11) is 2.12. The summed E-state index contributed by atoms with van der Waals surface area (Å²) in [6.45, 7) is 2.82. The maximum Gasteiger partial charge on any atom is 0.232 e. The predicted octanol–water partition coefficient (Wildman–Crippen LogP) is 3.08. The van der Waals surface area contributed by atoms with Crippen molar-refractivity contribution in [2.24, 2.45) is 5.92 Å². The van der Waals surface area contributed by atoms with Crippen LogP contribution in [0.2, 0.25) is 0 Å². The molecule has 2 atom stereocenters. The van der Waals surface area contributed by atoms with Crippen LogP contribution in [0.5, 0.6) is 0 Å². The minimum absolute atomic E-state index is 0.0736. The van der Waals surface area contributed by atoms with Crippen LogP contribution in [0.4, 0.5) is 0 Å². The van der Waals surface area contributed by atoms with Crippen LogP contribution in [0, 0.1) is 5.92 Å². The van der Waals surface area contributed by atoms with Crippen LogP contribution in [0.15, 0.2) is 42.7 Å². The van der Waals surface area contributed by atoms with Gasteiger partial charge in [0.1, 0.15) is 0 Å². The first-order valence-electron chi connectivity index (χ1n) is 8.65. The molecule has 1 aromatic heterocycles. The Bertz CT molecular complexity index is 846. The Kier molecular flexibility index (Phi) is 3.77. The summed E-state index contributed by atoms with van der Waals surface area (Å²) in [6.07, 6.45) is 9.97. The number of carbonyl (C=O) groups excluding carboxylic acids is 1. The third kappa shape index (κ3) is 2.38. The monoisotopic (exact) mass is 321 g/mol. The Morgan fingerprint density at radius 2 is 2.33 bits per heavy atom. The average molecular weight is 321 g/mol. The van der Waals surface area contributed by atoms with E-state index < -0.39 is 0 Å². The summed E-state index contributed by atoms with van der Waals surface area (Å²) in [5.74, 6) is -0.0388. The molecule has 24 heavy (non-hydrogen) atoms. The Morgan fingerprint density at radius 1 is 1.46 bits per heavy atom. The third-order valence-corrected chi connectivity index (χ3v) is 5.18. The molecule has 0 spiro atoms. The lowest BCUT2D eigenvalue weighted by Gasteiger charge is -2.39. The van der Waals surface area contributed by atoms with Gasteiger partial charge in [0.2, 0.25) is 5.91 Å². The minimum atomic E-state index is -0.112. The van der Waals surface area contributed by atoms with Crippen molar-refractivity contribution < 1.29 is 4.79 Å². The van der Waals surface area contributed by atoms with Crippen molar-refractivity contribution in [1.82, 2.24) is 15.2 Å². The van der Waals surface area contributed by atoms with Gasteiger partial charge in [-0.1, -0.05) is 31.2 Å². The van der Waals surface area contributed by atoms with Crippen molar-refractivity contribution in [2.45, 2.75) is 25.8 Å². The van der Waals surface area contributed by atoms with E-state index in [9.17, 15) is 4.79 Å². The Balaban J connectivity index is 1.73. The highest BCUT2D eigenvalue weighted by molar-refractivity contribution is 5.99. The molecule has 4 nitrogen and oxygen atoms in total. The van der Waals surface area contributed by atoms with E-state index in [1.807, 2.05) is 6.08 Å². The first kappa shape index (κ1) is 15.2. The zero-order valence-electron chi connectivity index (χ0n) is 14.2. The van der Waals surface area contributed by atoms with E-state index in [0.29, 0.717) is 6.04 Å². The fourth-order valence-electron chi connectivity index (χ4n) is 3.98. The van der Waals surface area contributed by atoms with Gasteiger partial charge < -0.3 is 10.3 Å². The van der Waals surface area contributed by atoms with E-state index in [1.54, 1.807) is 6.20 Å². The largest absolute Gasteiger partial charge is 0.361 e. The maximum atomic E-state index is 12.5. The summed E-state index contributed by atoms with van der Waals surface area (Å²) >= 11 is 0. The normalized spacial score (nSPS) is 23.3. The second kappa shape index (κ2) is 5.95. The Hall–Kier alpha value is -2.33. The van der Waals surface area contributed by atoms with Crippen molar-refractivity contribution >= 4 is 22.4 Å². The number of hydrogen-bond donors (Lipinski definition) is 2. The second-order valence-corrected chi connectivity index (χ2v) is 6.75. The van der Waals surface area contributed by atoms with Crippen LogP contribution in [0.25, 0.3) is 16.5 Å². The number of carbonyl (C=O) groups is 1. The van der Waals surface area contributed by atoms with E-state index in [2.05, 4.69) is 59.6 Å². The molecule has 0 saturated heterocycles. The van der Waals surface area contributed by atoms with Crippen LogP contribution in [0.1, 0.15) is 24.5 Å². The number of fused-ring (bicyclic) bond motifs is 2. The first-order chi connectivity index (χ1) is 11.7. The molecule has 2 aliphatic rings. The van der Waals surface area contributed by atoms with Gasteiger partial charge in [-0.25, -0.2) is 0 Å². The number of H-pyrrole nitrogens is 1. The maximum absolute atomic E-state index is 12.5. The lowest BCUT2D eigenvalue weighted by molar-refractivity contribution is -0.123. The summed E-state index contributed by atoms with van der Waals surface area (Å²) in [6, 6.07) is 6.75. The second-order valence-electron chi connectivity index (χ2n) is 6.75. The molecule has 4 rings (SSSR count). The molecule has 2 aromatic rings. The van der Waals surface area contributed by atoms with Gasteiger partial charge in [0.25, 0.3) is 0 Å². The van der Waals surface area contributed by atoms with Gasteiger partial charge in [0.05, 0.1) is 5.92 Å². The number of aromatic nitrogens is 1. The van der Waals surface area contributed by atoms with Gasteiger partial charge >= 0.3 is 0 Å². The zero-order chi connectivity index (χ0) is 16.7. The van der Waals surface area contributed by atoms with Crippen LogP contribution >= 0.6 is 0 Å². The zero-order valence-corrected chi connectivity index (χ0v) is 14.2. The highest BCUT2D eigenvalue weighted by atomic mass is 16.1. The number of rotatable bonds is 3. The lowest BCUT2D eigenvalue weighted by atomic mass is 9.80. The number of nitrogens with zero attached hydrogens (tertiary/aromatic N) is 1. The average Bonchev–Trinajstić information content (AvgIpc) is 3.00. The van der Waals surface area contributed by atoms with Gasteiger partial charge in [-0.3, -0.25) is 9.69 Å². The topological polar surface area (TPSA) is 48.1 Å². The van der Waals surface area contributed by atoms with Crippen LogP contribution < -0.4 is 5.32 Å². The van der Waals surface area contributed by atoms with Gasteiger partial charge in [0.15, 0.2) is 0 Å². The molecule has 2 N–H and O–H groups in total. The van der Waals surface area contributed by atoms with Crippen LogP contribution in [-0.4, -0.2) is 35.4 Å². The van der Waals surface area contributed by atoms with Crippen molar-refractivity contribution in [3.63, 3.8) is 0 Å². The number of amides is 1. The molecule has 0 unspecified atom stereocenters. The minimum Gasteiger partial charge on any atom is -0.361 e. The predicted molar refractivity (Wildman–Crippen MR) is 97.5 cm³/mol. The van der Waals surface area contributed by atoms with E-state index >= 15 is 0 Å². The van der Waals surface area contributed by atoms with Gasteiger partial charge in [-0.15, -0.1) is 0 Å². The Labute approximate surface area is 142 Å². The summed E-state index contributed by atoms with van der Waals surface area (Å²) in [4.78, 5) is 18.2. The molecule has 1 aliphatic heterocycles.